The number of hydrogen-bond acceptors (Lipinski definition) is 3. The first-order valence-corrected chi connectivity index (χ1v) is 7.22. The van der Waals surface area contributed by atoms with Crippen LogP contribution in [-0.2, 0) is 16.3 Å². The lowest BCUT2D eigenvalue weighted by Crippen LogP contribution is -2.05. The van der Waals surface area contributed by atoms with Crippen LogP contribution >= 0.6 is 12.4 Å². The minimum absolute atomic E-state index is 0. The second-order valence-electron chi connectivity index (χ2n) is 4.00. The molecule has 0 aliphatic rings. The van der Waals surface area contributed by atoms with Crippen LogP contribution in [0.1, 0.15) is 5.56 Å². The summed E-state index contributed by atoms with van der Waals surface area (Å²) in [5.41, 5.74) is 6.42. The van der Waals surface area contributed by atoms with Crippen LogP contribution in [0.4, 0.5) is 0 Å². The molecule has 0 fully saturated rings. The Bertz CT molecular complexity index is 627. The first kappa shape index (κ1) is 15.7. The highest BCUT2D eigenvalue weighted by molar-refractivity contribution is 7.91. The molecule has 0 heterocycles. The molecule has 2 rings (SSSR count). The fourth-order valence-electron chi connectivity index (χ4n) is 1.77. The highest BCUT2D eigenvalue weighted by atomic mass is 35.5. The Balaban J connectivity index is 0.00000180. The van der Waals surface area contributed by atoms with Crippen molar-refractivity contribution in [3.63, 3.8) is 0 Å². The van der Waals surface area contributed by atoms with Gasteiger partial charge in [0, 0.05) is 0 Å². The largest absolute Gasteiger partial charge is 0.330 e. The molecule has 2 aromatic rings. The van der Waals surface area contributed by atoms with Crippen molar-refractivity contribution >= 4 is 22.2 Å². The van der Waals surface area contributed by atoms with Gasteiger partial charge in [-0.2, -0.15) is 0 Å². The van der Waals surface area contributed by atoms with Crippen molar-refractivity contribution in [2.75, 3.05) is 6.54 Å². The van der Waals surface area contributed by atoms with E-state index in [1.165, 1.54) is 0 Å². The SMILES string of the molecule is Cl.NCCc1cccc(S(=O)(=O)c2ccccc2)c1. The zero-order valence-electron chi connectivity index (χ0n) is 10.3. The molecule has 102 valence electrons. The minimum atomic E-state index is -3.42. The van der Waals surface area contributed by atoms with Crippen LogP contribution < -0.4 is 5.73 Å². The zero-order chi connectivity index (χ0) is 13.0. The highest BCUT2D eigenvalue weighted by Crippen LogP contribution is 2.21. The van der Waals surface area contributed by atoms with Crippen LogP contribution in [0.15, 0.2) is 64.4 Å². The molecular weight excluding hydrogens is 282 g/mol. The molecule has 0 unspecified atom stereocenters. The maximum absolute atomic E-state index is 12.4. The Hall–Kier alpha value is -1.36. The molecular formula is C14H16ClNO2S. The molecule has 0 bridgehead atoms. The van der Waals surface area contributed by atoms with E-state index in [-0.39, 0.29) is 12.4 Å². The van der Waals surface area contributed by atoms with Gasteiger partial charge in [-0.05, 0) is 42.8 Å². The first-order valence-electron chi connectivity index (χ1n) is 5.74. The van der Waals surface area contributed by atoms with Gasteiger partial charge in [0.15, 0.2) is 0 Å². The van der Waals surface area contributed by atoms with Crippen molar-refractivity contribution in [2.24, 2.45) is 5.73 Å². The standard InChI is InChI=1S/C14H15NO2S.ClH/c15-10-9-12-5-4-8-14(11-12)18(16,17)13-6-2-1-3-7-13;/h1-8,11H,9-10,15H2;1H. The van der Waals surface area contributed by atoms with Gasteiger partial charge < -0.3 is 5.73 Å². The topological polar surface area (TPSA) is 60.2 Å². The lowest BCUT2D eigenvalue weighted by Gasteiger charge is -2.06. The molecule has 0 aliphatic carbocycles. The summed E-state index contributed by atoms with van der Waals surface area (Å²) >= 11 is 0. The summed E-state index contributed by atoms with van der Waals surface area (Å²) in [5, 5.41) is 0. The predicted molar refractivity (Wildman–Crippen MR) is 78.3 cm³/mol. The van der Waals surface area contributed by atoms with Crippen molar-refractivity contribution in [1.29, 1.82) is 0 Å². The van der Waals surface area contributed by atoms with E-state index >= 15 is 0 Å². The molecule has 0 saturated carbocycles. The van der Waals surface area contributed by atoms with Gasteiger partial charge >= 0.3 is 0 Å². The number of halogens is 1. The van der Waals surface area contributed by atoms with Gasteiger partial charge in [0.1, 0.15) is 0 Å². The van der Waals surface area contributed by atoms with E-state index in [1.807, 2.05) is 6.07 Å². The van der Waals surface area contributed by atoms with Gasteiger partial charge in [-0.15, -0.1) is 12.4 Å². The second-order valence-corrected chi connectivity index (χ2v) is 5.95. The number of rotatable bonds is 4. The van der Waals surface area contributed by atoms with E-state index < -0.39 is 9.84 Å². The van der Waals surface area contributed by atoms with Gasteiger partial charge in [-0.25, -0.2) is 8.42 Å². The molecule has 2 aromatic carbocycles. The fourth-order valence-corrected chi connectivity index (χ4v) is 3.12. The van der Waals surface area contributed by atoms with Crippen LogP contribution in [0.2, 0.25) is 0 Å². The normalized spacial score (nSPS) is 10.8. The van der Waals surface area contributed by atoms with Gasteiger partial charge in [0.25, 0.3) is 0 Å². The maximum Gasteiger partial charge on any atom is 0.206 e. The monoisotopic (exact) mass is 297 g/mol. The Morgan fingerprint density at radius 3 is 2.16 bits per heavy atom. The average Bonchev–Trinajstić information content (AvgIpc) is 2.40. The Morgan fingerprint density at radius 2 is 1.53 bits per heavy atom. The van der Waals surface area contributed by atoms with Gasteiger partial charge in [-0.1, -0.05) is 30.3 Å². The van der Waals surface area contributed by atoms with Crippen molar-refractivity contribution in [3.8, 4) is 0 Å². The summed E-state index contributed by atoms with van der Waals surface area (Å²) in [7, 11) is -3.42. The molecule has 0 aliphatic heterocycles. The van der Waals surface area contributed by atoms with Crippen molar-refractivity contribution in [1.82, 2.24) is 0 Å². The first-order chi connectivity index (χ1) is 8.64. The molecule has 0 spiro atoms. The van der Waals surface area contributed by atoms with Crippen LogP contribution in [0, 0.1) is 0 Å². The zero-order valence-corrected chi connectivity index (χ0v) is 12.0. The second kappa shape index (κ2) is 6.70. The third-order valence-electron chi connectivity index (χ3n) is 2.70. The lowest BCUT2D eigenvalue weighted by atomic mass is 10.2. The highest BCUT2D eigenvalue weighted by Gasteiger charge is 2.16. The number of hydrogen-bond donors (Lipinski definition) is 1. The maximum atomic E-state index is 12.4. The number of benzene rings is 2. The van der Waals surface area contributed by atoms with E-state index in [9.17, 15) is 8.42 Å². The number of nitrogens with two attached hydrogens (primary N) is 1. The van der Waals surface area contributed by atoms with Crippen LogP contribution in [0.25, 0.3) is 0 Å². The van der Waals surface area contributed by atoms with E-state index in [0.717, 1.165) is 5.56 Å². The molecule has 0 aromatic heterocycles. The molecule has 5 heteroatoms. The van der Waals surface area contributed by atoms with Crippen LogP contribution in [-0.4, -0.2) is 15.0 Å². The third kappa shape index (κ3) is 3.56. The van der Waals surface area contributed by atoms with E-state index in [1.54, 1.807) is 48.5 Å². The predicted octanol–water partition coefficient (Wildman–Crippen LogP) is 2.44. The van der Waals surface area contributed by atoms with Gasteiger partial charge in [0.05, 0.1) is 9.79 Å². The number of sulfone groups is 1. The summed E-state index contributed by atoms with van der Waals surface area (Å²) in [5.74, 6) is 0. The minimum Gasteiger partial charge on any atom is -0.330 e. The molecule has 0 atom stereocenters. The summed E-state index contributed by atoms with van der Waals surface area (Å²) in [4.78, 5) is 0.634. The van der Waals surface area contributed by atoms with Crippen molar-refractivity contribution in [2.45, 2.75) is 16.2 Å². The molecule has 0 radical (unpaired) electrons. The smallest absolute Gasteiger partial charge is 0.206 e. The summed E-state index contributed by atoms with van der Waals surface area (Å²) in [6.45, 7) is 0.509. The third-order valence-corrected chi connectivity index (χ3v) is 4.46. The van der Waals surface area contributed by atoms with E-state index in [2.05, 4.69) is 0 Å². The van der Waals surface area contributed by atoms with E-state index in [0.29, 0.717) is 22.8 Å². The molecule has 0 saturated heterocycles. The molecule has 2 N–H and O–H groups in total. The lowest BCUT2D eigenvalue weighted by molar-refractivity contribution is 0.596. The van der Waals surface area contributed by atoms with Gasteiger partial charge in [0.2, 0.25) is 9.84 Å². The van der Waals surface area contributed by atoms with Crippen LogP contribution in [0.5, 0.6) is 0 Å². The van der Waals surface area contributed by atoms with Crippen molar-refractivity contribution < 1.29 is 8.42 Å². The Kier molecular flexibility index (Phi) is 5.54. The molecule has 3 nitrogen and oxygen atoms in total. The summed E-state index contributed by atoms with van der Waals surface area (Å²) < 4.78 is 24.7. The van der Waals surface area contributed by atoms with Gasteiger partial charge in [-0.3, -0.25) is 0 Å². The molecule has 0 amide bonds. The summed E-state index contributed by atoms with van der Waals surface area (Å²) in [6, 6.07) is 15.4. The Labute approximate surface area is 119 Å². The van der Waals surface area contributed by atoms with Crippen LogP contribution in [0.3, 0.4) is 0 Å². The fraction of sp³-hybridized carbons (Fsp3) is 0.143. The summed E-state index contributed by atoms with van der Waals surface area (Å²) in [6.07, 6.45) is 0.679. The quantitative estimate of drug-likeness (QED) is 0.943. The van der Waals surface area contributed by atoms with Crippen molar-refractivity contribution in [3.05, 3.63) is 60.2 Å². The molecule has 19 heavy (non-hydrogen) atoms. The Morgan fingerprint density at radius 1 is 0.895 bits per heavy atom. The van der Waals surface area contributed by atoms with E-state index in [4.69, 9.17) is 5.73 Å². The average molecular weight is 298 g/mol.